The van der Waals surface area contributed by atoms with Gasteiger partial charge in [0.2, 0.25) is 0 Å². The zero-order chi connectivity index (χ0) is 14.0. The lowest BCUT2D eigenvalue weighted by atomic mass is 10.0. The quantitative estimate of drug-likeness (QED) is 0.843. The maximum absolute atomic E-state index is 12.2. The van der Waals surface area contributed by atoms with E-state index in [0.29, 0.717) is 11.3 Å². The van der Waals surface area contributed by atoms with Crippen molar-refractivity contribution in [3.63, 3.8) is 0 Å². The summed E-state index contributed by atoms with van der Waals surface area (Å²) in [4.78, 5) is 26.3. The molecule has 0 spiro atoms. The second kappa shape index (κ2) is 5.27. The van der Waals surface area contributed by atoms with E-state index in [9.17, 15) is 14.7 Å². The maximum atomic E-state index is 12.2. The number of carboxylic acids is 1. The molecule has 1 heterocycles. The number of benzene rings is 1. The number of amides is 2. The number of para-hydroxylation sites is 1. The van der Waals surface area contributed by atoms with Gasteiger partial charge in [0, 0.05) is 25.8 Å². The molecule has 1 atom stereocenters. The van der Waals surface area contributed by atoms with Crippen molar-refractivity contribution in [3.8, 4) is 0 Å². The highest BCUT2D eigenvalue weighted by Crippen LogP contribution is 2.36. The number of aliphatic carboxylic acids is 1. The Balaban J connectivity index is 2.30. The monoisotopic (exact) mass is 264 g/mol. The van der Waals surface area contributed by atoms with E-state index >= 15 is 0 Å². The smallest absolute Gasteiger partial charge is 0.324 e. The Bertz CT molecular complexity index is 503. The van der Waals surface area contributed by atoms with Crippen LogP contribution in [0.2, 0.25) is 0 Å². The number of urea groups is 1. The Morgan fingerprint density at radius 3 is 2.74 bits per heavy atom. The van der Waals surface area contributed by atoms with Crippen molar-refractivity contribution in [3.05, 3.63) is 29.8 Å². The largest absolute Gasteiger partial charge is 0.481 e. The predicted molar refractivity (Wildman–Crippen MR) is 69.3 cm³/mol. The molecule has 0 radical (unpaired) electrons. The van der Waals surface area contributed by atoms with E-state index in [0.717, 1.165) is 0 Å². The zero-order valence-electron chi connectivity index (χ0n) is 10.6. The number of aliphatic hydroxyl groups is 1. The van der Waals surface area contributed by atoms with Crippen LogP contribution in [0.5, 0.6) is 0 Å². The van der Waals surface area contributed by atoms with E-state index in [2.05, 4.69) is 0 Å². The number of carboxylic acid groups (broad SMARTS) is 1. The molecule has 0 aromatic heterocycles. The number of hydrogen-bond donors (Lipinski definition) is 2. The summed E-state index contributed by atoms with van der Waals surface area (Å²) in [6, 6.07) is 6.71. The molecule has 2 amide bonds. The van der Waals surface area contributed by atoms with Crippen LogP contribution in [0.1, 0.15) is 11.5 Å². The van der Waals surface area contributed by atoms with Crippen molar-refractivity contribution in [2.24, 2.45) is 0 Å². The number of nitrogens with zero attached hydrogens (tertiary/aromatic N) is 2. The number of fused-ring (bicyclic) bond motifs is 1. The van der Waals surface area contributed by atoms with Crippen LogP contribution in [-0.2, 0) is 4.79 Å². The van der Waals surface area contributed by atoms with E-state index < -0.39 is 11.9 Å². The standard InChI is InChI=1S/C13H16N2O4/c1-14(6-7-16)13(19)15-8-10(12(17)18)9-4-2-3-5-11(9)15/h2-5,10,16H,6-8H2,1H3,(H,17,18). The molecule has 1 aromatic rings. The van der Waals surface area contributed by atoms with Crippen LogP contribution >= 0.6 is 0 Å². The fourth-order valence-corrected chi connectivity index (χ4v) is 2.25. The highest BCUT2D eigenvalue weighted by atomic mass is 16.4. The molecule has 1 aliphatic rings. The summed E-state index contributed by atoms with van der Waals surface area (Å²) >= 11 is 0. The van der Waals surface area contributed by atoms with Crippen LogP contribution < -0.4 is 4.90 Å². The highest BCUT2D eigenvalue weighted by molar-refractivity contribution is 5.97. The number of anilines is 1. The molecule has 19 heavy (non-hydrogen) atoms. The third-order valence-corrected chi connectivity index (χ3v) is 3.26. The number of carbonyl (C=O) groups is 2. The summed E-state index contributed by atoms with van der Waals surface area (Å²) in [6.45, 7) is 0.221. The van der Waals surface area contributed by atoms with Crippen molar-refractivity contribution < 1.29 is 19.8 Å². The lowest BCUT2D eigenvalue weighted by Gasteiger charge is -2.24. The Morgan fingerprint density at radius 2 is 2.11 bits per heavy atom. The number of carbonyl (C=O) groups excluding carboxylic acids is 1. The molecule has 2 rings (SSSR count). The van der Waals surface area contributed by atoms with Crippen LogP contribution in [0.3, 0.4) is 0 Å². The number of hydrogen-bond acceptors (Lipinski definition) is 3. The Labute approximate surface area is 110 Å². The van der Waals surface area contributed by atoms with Crippen LogP contribution in [-0.4, -0.2) is 53.9 Å². The average molecular weight is 264 g/mol. The van der Waals surface area contributed by atoms with E-state index in [1.807, 2.05) is 0 Å². The summed E-state index contributed by atoms with van der Waals surface area (Å²) in [5.74, 6) is -1.63. The lowest BCUT2D eigenvalue weighted by molar-refractivity contribution is -0.138. The molecule has 6 nitrogen and oxygen atoms in total. The Morgan fingerprint density at radius 1 is 1.42 bits per heavy atom. The van der Waals surface area contributed by atoms with Crippen molar-refractivity contribution in [1.29, 1.82) is 0 Å². The van der Waals surface area contributed by atoms with E-state index in [4.69, 9.17) is 5.11 Å². The average Bonchev–Trinajstić information content (AvgIpc) is 2.78. The van der Waals surface area contributed by atoms with E-state index in [1.165, 1.54) is 9.80 Å². The molecule has 102 valence electrons. The van der Waals surface area contributed by atoms with Crippen molar-refractivity contribution in [2.75, 3.05) is 31.6 Å². The van der Waals surface area contributed by atoms with Gasteiger partial charge in [0.15, 0.2) is 0 Å². The minimum Gasteiger partial charge on any atom is -0.481 e. The molecule has 2 N–H and O–H groups in total. The summed E-state index contributed by atoms with van der Waals surface area (Å²) in [7, 11) is 1.58. The molecule has 0 aliphatic carbocycles. The van der Waals surface area contributed by atoms with Gasteiger partial charge in [-0.15, -0.1) is 0 Å². The second-order valence-electron chi connectivity index (χ2n) is 4.49. The highest BCUT2D eigenvalue weighted by Gasteiger charge is 2.37. The van der Waals surface area contributed by atoms with Gasteiger partial charge >= 0.3 is 12.0 Å². The molecular formula is C13H16N2O4. The molecule has 1 aliphatic heterocycles. The van der Waals surface area contributed by atoms with Gasteiger partial charge in [-0.3, -0.25) is 9.69 Å². The third kappa shape index (κ3) is 2.39. The van der Waals surface area contributed by atoms with E-state index in [-0.39, 0.29) is 25.7 Å². The Kier molecular flexibility index (Phi) is 3.71. The molecule has 0 bridgehead atoms. The SMILES string of the molecule is CN(CCO)C(=O)N1CC(C(=O)O)c2ccccc21. The minimum atomic E-state index is -0.937. The first-order chi connectivity index (χ1) is 9.06. The summed E-state index contributed by atoms with van der Waals surface area (Å²) in [5.41, 5.74) is 1.28. The maximum Gasteiger partial charge on any atom is 0.324 e. The first kappa shape index (κ1) is 13.4. The fraction of sp³-hybridized carbons (Fsp3) is 0.385. The van der Waals surface area contributed by atoms with E-state index in [1.54, 1.807) is 31.3 Å². The minimum absolute atomic E-state index is 0.125. The molecule has 0 fully saturated rings. The van der Waals surface area contributed by atoms with Crippen molar-refractivity contribution in [1.82, 2.24) is 4.90 Å². The van der Waals surface area contributed by atoms with Gasteiger partial charge in [0.1, 0.15) is 5.92 Å². The second-order valence-corrected chi connectivity index (χ2v) is 4.49. The van der Waals surface area contributed by atoms with Gasteiger partial charge in [-0.05, 0) is 11.6 Å². The topological polar surface area (TPSA) is 81.1 Å². The zero-order valence-corrected chi connectivity index (χ0v) is 10.6. The Hall–Kier alpha value is -2.08. The van der Waals surface area contributed by atoms with Crippen LogP contribution in [0.15, 0.2) is 24.3 Å². The van der Waals surface area contributed by atoms with Gasteiger partial charge in [-0.25, -0.2) is 4.79 Å². The number of likely N-dealkylation sites (N-methyl/N-ethyl adjacent to an activating group) is 1. The normalized spacial score (nSPS) is 17.2. The van der Waals surface area contributed by atoms with Gasteiger partial charge in [0.05, 0.1) is 6.61 Å². The number of rotatable bonds is 3. The van der Waals surface area contributed by atoms with Gasteiger partial charge in [-0.1, -0.05) is 18.2 Å². The number of aliphatic hydroxyl groups excluding tert-OH is 1. The van der Waals surface area contributed by atoms with Crippen molar-refractivity contribution >= 4 is 17.7 Å². The molecular weight excluding hydrogens is 248 g/mol. The van der Waals surface area contributed by atoms with Crippen LogP contribution in [0, 0.1) is 0 Å². The molecule has 6 heteroatoms. The first-order valence-corrected chi connectivity index (χ1v) is 6.01. The van der Waals surface area contributed by atoms with Crippen LogP contribution in [0.4, 0.5) is 10.5 Å². The fourth-order valence-electron chi connectivity index (χ4n) is 2.25. The molecule has 1 unspecified atom stereocenters. The predicted octanol–water partition coefficient (Wildman–Crippen LogP) is 0.719. The molecule has 1 aromatic carbocycles. The van der Waals surface area contributed by atoms with Gasteiger partial charge in [-0.2, -0.15) is 0 Å². The summed E-state index contributed by atoms with van der Waals surface area (Å²) in [6.07, 6.45) is 0. The molecule has 0 saturated carbocycles. The van der Waals surface area contributed by atoms with Gasteiger partial charge < -0.3 is 15.1 Å². The lowest BCUT2D eigenvalue weighted by Crippen LogP contribution is -2.42. The van der Waals surface area contributed by atoms with Crippen molar-refractivity contribution in [2.45, 2.75) is 5.92 Å². The summed E-state index contributed by atoms with van der Waals surface area (Å²) in [5, 5.41) is 18.1. The third-order valence-electron chi connectivity index (χ3n) is 3.26. The van der Waals surface area contributed by atoms with Gasteiger partial charge in [0.25, 0.3) is 0 Å². The van der Waals surface area contributed by atoms with Crippen LogP contribution in [0.25, 0.3) is 0 Å². The summed E-state index contributed by atoms with van der Waals surface area (Å²) < 4.78 is 0. The molecule has 0 saturated heterocycles. The first-order valence-electron chi connectivity index (χ1n) is 6.01.